The van der Waals surface area contributed by atoms with Crippen molar-refractivity contribution in [3.63, 3.8) is 0 Å². The van der Waals surface area contributed by atoms with Crippen molar-refractivity contribution in [2.24, 2.45) is 17.1 Å². The van der Waals surface area contributed by atoms with Gasteiger partial charge in [0.25, 0.3) is 0 Å². The Kier molecular flexibility index (Phi) is 5.12. The Bertz CT molecular complexity index is 421. The molecule has 1 aromatic rings. The fourth-order valence-electron chi connectivity index (χ4n) is 1.55. The van der Waals surface area contributed by atoms with E-state index in [0.717, 1.165) is 11.1 Å². The lowest BCUT2D eigenvalue weighted by Crippen LogP contribution is -2.41. The van der Waals surface area contributed by atoms with Gasteiger partial charge in [-0.1, -0.05) is 57.5 Å². The van der Waals surface area contributed by atoms with E-state index < -0.39 is 6.04 Å². The van der Waals surface area contributed by atoms with E-state index in [1.807, 2.05) is 31.2 Å². The number of carbonyl (C=O) groups excluding carboxylic acids is 1. The van der Waals surface area contributed by atoms with Crippen LogP contribution in [-0.4, -0.2) is 12.5 Å². The van der Waals surface area contributed by atoms with E-state index in [9.17, 15) is 4.79 Å². The zero-order valence-electron chi connectivity index (χ0n) is 12.7. The molecule has 0 fully saturated rings. The van der Waals surface area contributed by atoms with Crippen LogP contribution in [0.15, 0.2) is 24.3 Å². The monoisotopic (exact) mass is 262 g/mol. The summed E-state index contributed by atoms with van der Waals surface area (Å²) < 4.78 is 0. The Hall–Kier alpha value is -1.35. The fourth-order valence-corrected chi connectivity index (χ4v) is 1.55. The number of rotatable bonds is 5. The van der Waals surface area contributed by atoms with Crippen molar-refractivity contribution in [3.05, 3.63) is 35.4 Å². The van der Waals surface area contributed by atoms with Crippen molar-refractivity contribution < 1.29 is 4.79 Å². The molecule has 0 saturated heterocycles. The molecule has 0 saturated carbocycles. The van der Waals surface area contributed by atoms with E-state index in [2.05, 4.69) is 33.0 Å². The zero-order chi connectivity index (χ0) is 14.6. The summed E-state index contributed by atoms with van der Waals surface area (Å²) in [7, 11) is 0. The molecule has 19 heavy (non-hydrogen) atoms. The molecular weight excluding hydrogens is 236 g/mol. The van der Waals surface area contributed by atoms with Gasteiger partial charge in [-0.05, 0) is 23.8 Å². The molecule has 0 aliphatic rings. The van der Waals surface area contributed by atoms with E-state index in [1.165, 1.54) is 0 Å². The molecule has 1 amide bonds. The molecular formula is C16H26N2O. The molecule has 1 rings (SSSR count). The number of carbonyl (C=O) groups is 1. The maximum atomic E-state index is 12.1. The SMILES string of the molecule is Cc1ccc(C(N)C(=O)NCC(C)(C)C(C)C)cc1. The molecule has 106 valence electrons. The average molecular weight is 262 g/mol. The molecule has 1 atom stereocenters. The Morgan fingerprint density at radius 1 is 1.26 bits per heavy atom. The van der Waals surface area contributed by atoms with Crippen LogP contribution in [0.2, 0.25) is 0 Å². The highest BCUT2D eigenvalue weighted by Gasteiger charge is 2.24. The molecule has 1 unspecified atom stereocenters. The van der Waals surface area contributed by atoms with Gasteiger partial charge in [-0.15, -0.1) is 0 Å². The highest BCUT2D eigenvalue weighted by molar-refractivity contribution is 5.82. The van der Waals surface area contributed by atoms with E-state index in [4.69, 9.17) is 5.73 Å². The van der Waals surface area contributed by atoms with Crippen LogP contribution in [0.3, 0.4) is 0 Å². The molecule has 0 bridgehead atoms. The quantitative estimate of drug-likeness (QED) is 0.857. The highest BCUT2D eigenvalue weighted by Crippen LogP contribution is 2.24. The van der Waals surface area contributed by atoms with Gasteiger partial charge in [-0.3, -0.25) is 4.79 Å². The third kappa shape index (κ3) is 4.35. The third-order valence-corrected chi connectivity index (χ3v) is 4.00. The largest absolute Gasteiger partial charge is 0.354 e. The normalized spacial score (nSPS) is 13.4. The molecule has 3 heteroatoms. The first-order valence-corrected chi connectivity index (χ1v) is 6.84. The molecule has 0 aliphatic heterocycles. The summed E-state index contributed by atoms with van der Waals surface area (Å²) in [6, 6.07) is 7.17. The van der Waals surface area contributed by atoms with Crippen LogP contribution >= 0.6 is 0 Å². The van der Waals surface area contributed by atoms with E-state index in [1.54, 1.807) is 0 Å². The minimum absolute atomic E-state index is 0.0721. The van der Waals surface area contributed by atoms with Gasteiger partial charge in [0.2, 0.25) is 5.91 Å². The lowest BCUT2D eigenvalue weighted by molar-refractivity contribution is -0.123. The first kappa shape index (κ1) is 15.7. The number of hydrogen-bond donors (Lipinski definition) is 2. The third-order valence-electron chi connectivity index (χ3n) is 4.00. The molecule has 1 aromatic carbocycles. The van der Waals surface area contributed by atoms with Gasteiger partial charge in [-0.2, -0.15) is 0 Å². The first-order valence-electron chi connectivity index (χ1n) is 6.84. The summed E-state index contributed by atoms with van der Waals surface area (Å²) in [5.74, 6) is 0.390. The van der Waals surface area contributed by atoms with Gasteiger partial charge in [0, 0.05) is 6.54 Å². The second-order valence-corrected chi connectivity index (χ2v) is 6.25. The smallest absolute Gasteiger partial charge is 0.241 e. The second kappa shape index (κ2) is 6.20. The molecule has 0 aliphatic carbocycles. The zero-order valence-corrected chi connectivity index (χ0v) is 12.7. The highest BCUT2D eigenvalue weighted by atomic mass is 16.2. The van der Waals surface area contributed by atoms with Gasteiger partial charge in [-0.25, -0.2) is 0 Å². The lowest BCUT2D eigenvalue weighted by atomic mass is 9.81. The number of nitrogens with two attached hydrogens (primary N) is 1. The van der Waals surface area contributed by atoms with Gasteiger partial charge in [0.15, 0.2) is 0 Å². The van der Waals surface area contributed by atoms with Crippen LogP contribution in [0.25, 0.3) is 0 Å². The summed E-state index contributed by atoms with van der Waals surface area (Å²) in [6.45, 7) is 11.3. The molecule has 0 spiro atoms. The van der Waals surface area contributed by atoms with Crippen LogP contribution in [0, 0.1) is 18.3 Å². The minimum atomic E-state index is -0.594. The van der Waals surface area contributed by atoms with Crippen molar-refractivity contribution in [2.45, 2.75) is 40.7 Å². The van der Waals surface area contributed by atoms with Crippen molar-refractivity contribution in [2.75, 3.05) is 6.54 Å². The van der Waals surface area contributed by atoms with Gasteiger partial charge >= 0.3 is 0 Å². The number of hydrogen-bond acceptors (Lipinski definition) is 2. The molecule has 0 aromatic heterocycles. The lowest BCUT2D eigenvalue weighted by Gasteiger charge is -2.30. The fraction of sp³-hybridized carbons (Fsp3) is 0.562. The Labute approximate surface area is 116 Å². The van der Waals surface area contributed by atoms with Crippen molar-refractivity contribution in [1.29, 1.82) is 0 Å². The minimum Gasteiger partial charge on any atom is -0.354 e. The Balaban J connectivity index is 2.61. The summed E-state index contributed by atoms with van der Waals surface area (Å²) in [5.41, 5.74) is 8.07. The Morgan fingerprint density at radius 2 is 1.79 bits per heavy atom. The molecule has 3 nitrogen and oxygen atoms in total. The molecule has 0 heterocycles. The van der Waals surface area contributed by atoms with Gasteiger partial charge in [0.1, 0.15) is 6.04 Å². The number of benzene rings is 1. The van der Waals surface area contributed by atoms with Crippen molar-refractivity contribution in [3.8, 4) is 0 Å². The number of nitrogens with one attached hydrogen (secondary N) is 1. The summed E-state index contributed by atoms with van der Waals surface area (Å²) in [5, 5.41) is 2.95. The number of amides is 1. The van der Waals surface area contributed by atoms with Crippen LogP contribution < -0.4 is 11.1 Å². The van der Waals surface area contributed by atoms with Gasteiger partial charge < -0.3 is 11.1 Å². The standard InChI is InChI=1S/C16H26N2O/c1-11(2)16(4,5)10-18-15(19)14(17)13-8-6-12(3)7-9-13/h6-9,11,14H,10,17H2,1-5H3,(H,18,19). The maximum Gasteiger partial charge on any atom is 0.241 e. The Morgan fingerprint density at radius 3 is 2.26 bits per heavy atom. The van der Waals surface area contributed by atoms with Crippen molar-refractivity contribution >= 4 is 5.91 Å². The van der Waals surface area contributed by atoms with E-state index in [-0.39, 0.29) is 11.3 Å². The average Bonchev–Trinajstić information content (AvgIpc) is 2.36. The summed E-state index contributed by atoms with van der Waals surface area (Å²) >= 11 is 0. The second-order valence-electron chi connectivity index (χ2n) is 6.25. The molecule has 3 N–H and O–H groups in total. The topological polar surface area (TPSA) is 55.1 Å². The van der Waals surface area contributed by atoms with E-state index in [0.29, 0.717) is 12.5 Å². The van der Waals surface area contributed by atoms with E-state index >= 15 is 0 Å². The predicted octanol–water partition coefficient (Wildman–Crippen LogP) is 2.79. The van der Waals surface area contributed by atoms with Crippen LogP contribution in [0.1, 0.15) is 44.9 Å². The van der Waals surface area contributed by atoms with Gasteiger partial charge in [0.05, 0.1) is 0 Å². The maximum absolute atomic E-state index is 12.1. The van der Waals surface area contributed by atoms with Crippen LogP contribution in [0.5, 0.6) is 0 Å². The van der Waals surface area contributed by atoms with Crippen molar-refractivity contribution in [1.82, 2.24) is 5.32 Å². The molecule has 0 radical (unpaired) electrons. The van der Waals surface area contributed by atoms with Crippen LogP contribution in [-0.2, 0) is 4.79 Å². The summed E-state index contributed by atoms with van der Waals surface area (Å²) in [6.07, 6.45) is 0. The number of aryl methyl sites for hydroxylation is 1. The predicted molar refractivity (Wildman–Crippen MR) is 79.7 cm³/mol. The first-order chi connectivity index (χ1) is 8.74. The summed E-state index contributed by atoms with van der Waals surface area (Å²) in [4.78, 5) is 12.1. The van der Waals surface area contributed by atoms with Crippen LogP contribution in [0.4, 0.5) is 0 Å².